The molecule has 25 heavy (non-hydrogen) atoms. The summed E-state index contributed by atoms with van der Waals surface area (Å²) in [6.45, 7) is 7.10. The Bertz CT molecular complexity index is 393. The molecule has 150 valence electrons. The van der Waals surface area contributed by atoms with Crippen LogP contribution in [-0.2, 0) is 18.9 Å². The van der Waals surface area contributed by atoms with E-state index >= 15 is 0 Å². The van der Waals surface area contributed by atoms with Gasteiger partial charge in [0.05, 0.1) is 13.2 Å². The van der Waals surface area contributed by atoms with Gasteiger partial charge in [-0.2, -0.15) is 0 Å². The van der Waals surface area contributed by atoms with E-state index < -0.39 is 32.2 Å². The number of esters is 1. The fourth-order valence-corrected chi connectivity index (χ4v) is 0.323. The smallest absolute Gasteiger partial charge is 0.466 e. The summed E-state index contributed by atoms with van der Waals surface area (Å²) in [6, 6.07) is 0. The number of rotatable bonds is 6. The Morgan fingerprint density at radius 3 is 1.52 bits per heavy atom. The summed E-state index contributed by atoms with van der Waals surface area (Å²) in [5.41, 5.74) is 0. The van der Waals surface area contributed by atoms with Gasteiger partial charge in [0.15, 0.2) is 0 Å². The first kappa shape index (κ1) is 31.2. The molecule has 1 atom stereocenters. The van der Waals surface area contributed by atoms with Crippen LogP contribution in [0.25, 0.3) is 0 Å². The molecule has 0 amide bonds. The van der Waals surface area contributed by atoms with Crippen LogP contribution in [0.4, 0.5) is 0 Å². The lowest BCUT2D eigenvalue weighted by Crippen LogP contribution is -2.15. The molecule has 0 radical (unpaired) electrons. The van der Waals surface area contributed by atoms with E-state index in [1.165, 1.54) is 0 Å². The summed E-state index contributed by atoms with van der Waals surface area (Å²) >= 11 is 0. The molecular weight excluding hydrogens is 367 g/mol. The lowest BCUT2D eigenvalue weighted by Gasteiger charge is -2.05. The predicted octanol–water partition coefficient (Wildman–Crippen LogP) is -1.90. The van der Waals surface area contributed by atoms with Gasteiger partial charge in [-0.25, -0.2) is 14.2 Å². The summed E-state index contributed by atoms with van der Waals surface area (Å²) in [6.07, 6.45) is 0.304. The van der Waals surface area contributed by atoms with E-state index in [2.05, 4.69) is 17.9 Å². The zero-order chi connectivity index (χ0) is 21.1. The molecule has 0 aliphatic carbocycles. The molecule has 0 fully saturated rings. The summed E-state index contributed by atoms with van der Waals surface area (Å²) in [4.78, 5) is 41.1. The van der Waals surface area contributed by atoms with E-state index in [1.54, 1.807) is 6.92 Å². The van der Waals surface area contributed by atoms with Crippen LogP contribution in [0.5, 0.6) is 0 Å². The summed E-state index contributed by atoms with van der Waals surface area (Å²) < 4.78 is 13.2. The fraction of sp³-hybridized carbons (Fsp3) is 0.500. The van der Waals surface area contributed by atoms with Crippen molar-refractivity contribution in [3.8, 4) is 0 Å². The van der Waals surface area contributed by atoms with Gasteiger partial charge in [0, 0.05) is 18.6 Å². The van der Waals surface area contributed by atoms with Crippen LogP contribution in [0, 0.1) is 0 Å². The van der Waals surface area contributed by atoms with Crippen LogP contribution >= 0.6 is 7.82 Å². The molecule has 0 aromatic carbocycles. The van der Waals surface area contributed by atoms with E-state index in [-0.39, 0.29) is 13.2 Å². The molecule has 12 nitrogen and oxygen atoms in total. The normalized spacial score (nSPS) is 10.4. The third-order valence-electron chi connectivity index (χ3n) is 1.36. The SMILES string of the molecule is C=CC(=O)O.C=CC(=O)OC(O)CC.O=P(O)(O)O.OCC(O)CO. The highest BCUT2D eigenvalue weighted by Gasteiger charge is 2.03. The number of carboxylic acid groups (broad SMARTS) is 1. The van der Waals surface area contributed by atoms with Crippen molar-refractivity contribution in [3.05, 3.63) is 25.3 Å². The van der Waals surface area contributed by atoms with Crippen molar-refractivity contribution in [2.45, 2.75) is 25.7 Å². The van der Waals surface area contributed by atoms with E-state index in [1.807, 2.05) is 0 Å². The number of hydrogen-bond donors (Lipinski definition) is 8. The van der Waals surface area contributed by atoms with Gasteiger partial charge in [-0.1, -0.05) is 20.1 Å². The molecule has 0 heterocycles. The first-order valence-corrected chi connectivity index (χ1v) is 7.89. The zero-order valence-electron chi connectivity index (χ0n) is 13.5. The monoisotopic (exact) mass is 392 g/mol. The highest BCUT2D eigenvalue weighted by atomic mass is 31.2. The molecule has 0 aliphatic heterocycles. The molecule has 0 saturated heterocycles. The van der Waals surface area contributed by atoms with Crippen molar-refractivity contribution in [2.24, 2.45) is 0 Å². The quantitative estimate of drug-likeness (QED) is 0.107. The Hall–Kier alpha value is -1.63. The van der Waals surface area contributed by atoms with Crippen LogP contribution in [0.1, 0.15) is 13.3 Å². The second kappa shape index (κ2) is 20.4. The minimum atomic E-state index is -4.64. The molecule has 0 saturated carbocycles. The average Bonchev–Trinajstić information content (AvgIpc) is 2.53. The maximum atomic E-state index is 10.3. The van der Waals surface area contributed by atoms with Crippen molar-refractivity contribution >= 4 is 19.8 Å². The lowest BCUT2D eigenvalue weighted by molar-refractivity contribution is -0.161. The summed E-state index contributed by atoms with van der Waals surface area (Å²) in [5, 5.41) is 40.3. The first-order chi connectivity index (χ1) is 11.3. The van der Waals surface area contributed by atoms with Crippen molar-refractivity contribution in [3.63, 3.8) is 0 Å². The zero-order valence-corrected chi connectivity index (χ0v) is 14.4. The van der Waals surface area contributed by atoms with Crippen molar-refractivity contribution < 1.29 is 59.1 Å². The number of carbonyl (C=O) groups is 2. The van der Waals surface area contributed by atoms with E-state index in [0.29, 0.717) is 6.42 Å². The van der Waals surface area contributed by atoms with Gasteiger partial charge in [0.1, 0.15) is 6.10 Å². The van der Waals surface area contributed by atoms with E-state index in [0.717, 1.165) is 12.2 Å². The molecule has 13 heteroatoms. The molecule has 0 spiro atoms. The fourth-order valence-electron chi connectivity index (χ4n) is 0.323. The van der Waals surface area contributed by atoms with Gasteiger partial charge < -0.3 is 44.9 Å². The molecule has 0 rings (SSSR count). The molecule has 0 aromatic heterocycles. The lowest BCUT2D eigenvalue weighted by atomic mass is 10.4. The topological polar surface area (TPSA) is 222 Å². The Morgan fingerprint density at radius 1 is 1.08 bits per heavy atom. The van der Waals surface area contributed by atoms with Crippen molar-refractivity contribution in [2.75, 3.05) is 13.2 Å². The minimum Gasteiger partial charge on any atom is -0.478 e. The highest BCUT2D eigenvalue weighted by molar-refractivity contribution is 7.45. The summed E-state index contributed by atoms with van der Waals surface area (Å²) in [5.74, 6) is -1.57. The molecule has 8 N–H and O–H groups in total. The second-order valence-electron chi connectivity index (χ2n) is 3.58. The van der Waals surface area contributed by atoms with Gasteiger partial charge in [-0.15, -0.1) is 0 Å². The maximum Gasteiger partial charge on any atom is 0.466 e. The summed E-state index contributed by atoms with van der Waals surface area (Å²) in [7, 11) is -4.64. The first-order valence-electron chi connectivity index (χ1n) is 6.33. The van der Waals surface area contributed by atoms with Gasteiger partial charge in [-0.3, -0.25) is 0 Å². The standard InChI is InChI=1S/C6H10O3.C3H8O3.C3H4O2.H3O4P/c1-3-5(7)9-6(8)4-2;4-1-3(6)2-5;1-2-3(4)5;1-5(2,3)4/h3,6,8H,1,4H2,2H3;3-6H,1-2H2;2H,1H2,(H,4,5);(H3,1,2,3,4). The van der Waals surface area contributed by atoms with E-state index in [9.17, 15) is 9.59 Å². The molecular formula is C12H25O12P. The number of phosphoric acid groups is 1. The van der Waals surface area contributed by atoms with Crippen LogP contribution in [0.2, 0.25) is 0 Å². The third kappa shape index (κ3) is 60.7. The molecule has 1 unspecified atom stereocenters. The van der Waals surface area contributed by atoms with Gasteiger partial charge in [-0.05, 0) is 0 Å². The number of aliphatic carboxylic acids is 1. The third-order valence-corrected chi connectivity index (χ3v) is 1.36. The Labute approximate surface area is 144 Å². The van der Waals surface area contributed by atoms with Gasteiger partial charge >= 0.3 is 19.8 Å². The van der Waals surface area contributed by atoms with Gasteiger partial charge in [0.25, 0.3) is 0 Å². The van der Waals surface area contributed by atoms with Crippen LogP contribution in [0.3, 0.4) is 0 Å². The Balaban J connectivity index is -0.000000122. The Kier molecular flexibility index (Phi) is 25.5. The van der Waals surface area contributed by atoms with Crippen LogP contribution in [-0.4, -0.2) is 77.8 Å². The average molecular weight is 392 g/mol. The number of carboxylic acids is 1. The number of aliphatic hydroxyl groups excluding tert-OH is 4. The van der Waals surface area contributed by atoms with Crippen molar-refractivity contribution in [1.82, 2.24) is 0 Å². The van der Waals surface area contributed by atoms with Gasteiger partial charge in [0.2, 0.25) is 6.29 Å². The molecule has 0 aliphatic rings. The number of aliphatic hydroxyl groups is 4. The number of ether oxygens (including phenoxy) is 1. The van der Waals surface area contributed by atoms with Crippen molar-refractivity contribution in [1.29, 1.82) is 0 Å². The van der Waals surface area contributed by atoms with Crippen LogP contribution < -0.4 is 0 Å². The maximum absolute atomic E-state index is 10.3. The largest absolute Gasteiger partial charge is 0.478 e. The number of hydrogen-bond acceptors (Lipinski definition) is 8. The predicted molar refractivity (Wildman–Crippen MR) is 84.9 cm³/mol. The molecule has 0 bridgehead atoms. The molecule has 0 aromatic rings. The highest BCUT2D eigenvalue weighted by Crippen LogP contribution is 2.25. The van der Waals surface area contributed by atoms with E-state index in [4.69, 9.17) is 44.8 Å². The van der Waals surface area contributed by atoms with Crippen LogP contribution in [0.15, 0.2) is 25.3 Å². The minimum absolute atomic E-state index is 0.365. The number of carbonyl (C=O) groups excluding carboxylic acids is 1. The Morgan fingerprint density at radius 2 is 1.40 bits per heavy atom. The second-order valence-corrected chi connectivity index (χ2v) is 4.61.